The van der Waals surface area contributed by atoms with Gasteiger partial charge in [0, 0.05) is 0 Å². The number of carbonyl (C=O) groups excluding carboxylic acids is 1. The lowest BCUT2D eigenvalue weighted by Gasteiger charge is -2.34. The molecule has 0 aliphatic heterocycles. The topological polar surface area (TPSA) is 63.6 Å². The van der Waals surface area contributed by atoms with Crippen LogP contribution in [-0.2, 0) is 14.3 Å². The van der Waals surface area contributed by atoms with Gasteiger partial charge in [-0.2, -0.15) is 0 Å². The van der Waals surface area contributed by atoms with Gasteiger partial charge in [0.1, 0.15) is 7.35 Å². The van der Waals surface area contributed by atoms with E-state index in [1.807, 2.05) is 72.9 Å². The summed E-state index contributed by atoms with van der Waals surface area (Å²) in [7, 11) is 0. The minimum Gasteiger partial charge on any atom is -0.480 e. The van der Waals surface area contributed by atoms with Crippen LogP contribution in [0.25, 0.3) is 0 Å². The van der Waals surface area contributed by atoms with Crippen LogP contribution in [-0.4, -0.2) is 30.5 Å². The number of rotatable bonds is 7. The molecule has 0 aromatic rings. The van der Waals surface area contributed by atoms with E-state index in [9.17, 15) is 14.7 Å². The van der Waals surface area contributed by atoms with Crippen molar-refractivity contribution >= 4 is 57.1 Å². The van der Waals surface area contributed by atoms with Crippen LogP contribution in [0.3, 0.4) is 0 Å². The highest BCUT2D eigenvalue weighted by Crippen LogP contribution is 2.40. The summed E-state index contributed by atoms with van der Waals surface area (Å²) in [5.41, 5.74) is 0. The molecule has 4 nitrogen and oxygen atoms in total. The molecule has 0 bridgehead atoms. The van der Waals surface area contributed by atoms with E-state index in [4.69, 9.17) is 4.74 Å². The molecule has 0 saturated carbocycles. The fraction of sp³-hybridized carbons (Fsp3) is 0.833. The number of ether oxygens (including phenoxy) is 1. The maximum atomic E-state index is 12.3. The van der Waals surface area contributed by atoms with Crippen LogP contribution < -0.4 is 0 Å². The van der Waals surface area contributed by atoms with Crippen LogP contribution >= 0.6 is 45.2 Å². The molecule has 0 saturated heterocycles. The Balaban J connectivity index is 5.21. The van der Waals surface area contributed by atoms with Gasteiger partial charge in [-0.3, -0.25) is 9.59 Å². The van der Waals surface area contributed by atoms with E-state index in [1.165, 1.54) is 0 Å². The molecule has 0 aromatic heterocycles. The molecule has 18 heavy (non-hydrogen) atoms. The van der Waals surface area contributed by atoms with Gasteiger partial charge in [0.05, 0.1) is 6.10 Å². The van der Waals surface area contributed by atoms with Crippen LogP contribution in [0, 0.1) is 5.92 Å². The summed E-state index contributed by atoms with van der Waals surface area (Å²) in [4.78, 5) is 23.5. The normalized spacial score (nSPS) is 19.4. The van der Waals surface area contributed by atoms with Gasteiger partial charge in [-0.15, -0.1) is 0 Å². The second kappa shape index (κ2) is 7.86. The van der Waals surface area contributed by atoms with Gasteiger partial charge >= 0.3 is 11.9 Å². The molecule has 0 spiro atoms. The van der Waals surface area contributed by atoms with Crippen LogP contribution in [0.5, 0.6) is 0 Å². The van der Waals surface area contributed by atoms with Crippen molar-refractivity contribution in [2.45, 2.75) is 54.0 Å². The molecule has 4 atom stereocenters. The van der Waals surface area contributed by atoms with Gasteiger partial charge < -0.3 is 9.84 Å². The van der Waals surface area contributed by atoms with Crippen LogP contribution in [0.1, 0.15) is 40.5 Å². The summed E-state index contributed by atoms with van der Waals surface area (Å²) in [6, 6.07) is 0. The zero-order valence-corrected chi connectivity index (χ0v) is 15.4. The third-order valence-corrected chi connectivity index (χ3v) is 7.94. The average Bonchev–Trinajstić information content (AvgIpc) is 2.34. The van der Waals surface area contributed by atoms with Gasteiger partial charge in [-0.05, 0) is 19.3 Å². The van der Waals surface area contributed by atoms with Gasteiger partial charge in [-0.1, -0.05) is 72.4 Å². The Morgan fingerprint density at radius 3 is 2.11 bits per heavy atom. The lowest BCUT2D eigenvalue weighted by molar-refractivity contribution is -0.154. The first-order valence-electron chi connectivity index (χ1n) is 5.98. The Bertz CT molecular complexity index is 308. The highest BCUT2D eigenvalue weighted by molar-refractivity contribution is 14.1. The number of carbonyl (C=O) groups is 2. The molecule has 0 amide bonds. The third kappa shape index (κ3) is 4.21. The van der Waals surface area contributed by atoms with Crippen LogP contribution in [0.2, 0.25) is 0 Å². The van der Waals surface area contributed by atoms with E-state index in [0.29, 0.717) is 0 Å². The molecule has 106 valence electrons. The third-order valence-electron chi connectivity index (χ3n) is 3.11. The molecule has 0 rings (SSSR count). The number of alkyl halides is 2. The average molecular weight is 482 g/mol. The van der Waals surface area contributed by atoms with Crippen molar-refractivity contribution in [1.82, 2.24) is 0 Å². The largest absolute Gasteiger partial charge is 0.480 e. The second-order valence-electron chi connectivity index (χ2n) is 4.40. The fourth-order valence-corrected chi connectivity index (χ4v) is 3.09. The van der Waals surface area contributed by atoms with E-state index in [-0.39, 0.29) is 12.0 Å². The van der Waals surface area contributed by atoms with Crippen molar-refractivity contribution in [1.29, 1.82) is 0 Å². The minimum absolute atomic E-state index is 0.0624. The number of halogens is 2. The zero-order valence-electron chi connectivity index (χ0n) is 11.1. The lowest BCUT2D eigenvalue weighted by Crippen LogP contribution is -2.51. The predicted molar refractivity (Wildman–Crippen MR) is 87.5 cm³/mol. The van der Waals surface area contributed by atoms with E-state index < -0.39 is 19.3 Å². The molecular formula is C12H20I2O4. The van der Waals surface area contributed by atoms with Gasteiger partial charge in [0.15, 0.2) is 0 Å². The Kier molecular flexibility index (Phi) is 8.04. The van der Waals surface area contributed by atoms with E-state index in [2.05, 4.69) is 0 Å². The highest BCUT2D eigenvalue weighted by Gasteiger charge is 2.51. The standard InChI is InChI=1S/C12H20I2O4/c1-5-7(3)12(14,9(13)10(15)16)11(17)18-8(4)6-2/h7-9H,5-6H2,1-4H3,(H,15,16). The molecule has 0 aromatic carbocycles. The summed E-state index contributed by atoms with van der Waals surface area (Å²) in [5, 5.41) is 9.18. The molecule has 0 fully saturated rings. The van der Waals surface area contributed by atoms with E-state index in [1.54, 1.807) is 0 Å². The van der Waals surface area contributed by atoms with Crippen LogP contribution in [0.15, 0.2) is 0 Å². The first kappa shape index (κ1) is 18.4. The smallest absolute Gasteiger partial charge is 0.324 e. The SMILES string of the molecule is CCC(C)OC(=O)C(I)(C(C)CC)C(I)C(=O)O. The highest BCUT2D eigenvalue weighted by atomic mass is 127. The second-order valence-corrected chi connectivity index (χ2v) is 7.43. The van der Waals surface area contributed by atoms with E-state index >= 15 is 0 Å². The Labute approximate surface area is 136 Å². The van der Waals surface area contributed by atoms with E-state index in [0.717, 1.165) is 12.8 Å². The Hall–Kier alpha value is 0.400. The number of aliphatic carboxylic acids is 1. The van der Waals surface area contributed by atoms with Crippen molar-refractivity contribution in [2.24, 2.45) is 5.92 Å². The van der Waals surface area contributed by atoms with Crippen molar-refractivity contribution in [3.63, 3.8) is 0 Å². The van der Waals surface area contributed by atoms with Crippen molar-refractivity contribution in [2.75, 3.05) is 0 Å². The Morgan fingerprint density at radius 1 is 1.28 bits per heavy atom. The monoisotopic (exact) mass is 482 g/mol. The Morgan fingerprint density at radius 2 is 1.78 bits per heavy atom. The number of carboxylic acids is 1. The first-order chi connectivity index (χ1) is 8.21. The molecule has 1 N–H and O–H groups in total. The molecule has 0 radical (unpaired) electrons. The van der Waals surface area contributed by atoms with Gasteiger partial charge in [0.25, 0.3) is 0 Å². The number of hydrogen-bond donors (Lipinski definition) is 1. The molecule has 0 aliphatic rings. The summed E-state index contributed by atoms with van der Waals surface area (Å²) < 4.78 is 3.52. The summed E-state index contributed by atoms with van der Waals surface area (Å²) >= 11 is 3.77. The predicted octanol–water partition coefficient (Wildman–Crippen LogP) is 3.44. The number of hydrogen-bond acceptors (Lipinski definition) is 3. The number of esters is 1. The zero-order chi connectivity index (χ0) is 14.5. The maximum absolute atomic E-state index is 12.3. The molecule has 0 heterocycles. The number of carboxylic acid groups (broad SMARTS) is 1. The molecule has 6 heteroatoms. The minimum atomic E-state index is -1.03. The summed E-state index contributed by atoms with van der Waals surface area (Å²) in [5.74, 6) is -1.47. The quantitative estimate of drug-likeness (QED) is 0.343. The van der Waals surface area contributed by atoms with Gasteiger partial charge in [0.2, 0.25) is 0 Å². The first-order valence-corrected chi connectivity index (χ1v) is 8.30. The summed E-state index contributed by atoms with van der Waals surface area (Å²) in [6.07, 6.45) is 1.26. The lowest BCUT2D eigenvalue weighted by atomic mass is 9.88. The summed E-state index contributed by atoms with van der Waals surface area (Å²) in [6.45, 7) is 7.57. The van der Waals surface area contributed by atoms with Crippen LogP contribution in [0.4, 0.5) is 0 Å². The maximum Gasteiger partial charge on any atom is 0.324 e. The molecule has 0 aliphatic carbocycles. The van der Waals surface area contributed by atoms with Crippen molar-refractivity contribution in [3.05, 3.63) is 0 Å². The van der Waals surface area contributed by atoms with Gasteiger partial charge in [-0.25, -0.2) is 0 Å². The van der Waals surface area contributed by atoms with Crippen molar-refractivity contribution in [3.8, 4) is 0 Å². The molecule has 4 unspecified atom stereocenters. The van der Waals surface area contributed by atoms with Crippen molar-refractivity contribution < 1.29 is 19.4 Å². The molecular weight excluding hydrogens is 462 g/mol. The fourth-order valence-electron chi connectivity index (χ4n) is 1.39.